The number of rotatable bonds is 1. The normalized spacial score (nSPS) is 10.5. The van der Waals surface area contributed by atoms with Crippen molar-refractivity contribution in [2.45, 2.75) is 33.6 Å². The fourth-order valence-corrected chi connectivity index (χ4v) is 0.993. The van der Waals surface area contributed by atoms with Crippen LogP contribution in [0.3, 0.4) is 0 Å². The van der Waals surface area contributed by atoms with E-state index in [1.807, 2.05) is 12.1 Å². The van der Waals surface area contributed by atoms with Gasteiger partial charge in [0.25, 0.3) is 0 Å². The van der Waals surface area contributed by atoms with Crippen molar-refractivity contribution in [1.29, 1.82) is 0 Å². The van der Waals surface area contributed by atoms with Gasteiger partial charge >= 0.3 is 0 Å². The van der Waals surface area contributed by atoms with E-state index in [-0.39, 0.29) is 0 Å². The number of hydrogen-bond donors (Lipinski definition) is 0. The molecule has 1 aromatic rings. The fourth-order valence-electron chi connectivity index (χ4n) is 0.993. The number of hydrogen-bond acceptors (Lipinski definition) is 1. The van der Waals surface area contributed by atoms with E-state index in [2.05, 4.69) is 37.6 Å². The topological polar surface area (TPSA) is 12.9 Å². The van der Waals surface area contributed by atoms with Gasteiger partial charge in [-0.1, -0.05) is 26.7 Å². The van der Waals surface area contributed by atoms with Gasteiger partial charge in [0.15, 0.2) is 0 Å². The van der Waals surface area contributed by atoms with Crippen molar-refractivity contribution < 1.29 is 0 Å². The average molecular weight is 187 g/mol. The summed E-state index contributed by atoms with van der Waals surface area (Å²) in [6.45, 7) is 6.61. The average Bonchev–Trinajstić information content (AvgIpc) is 2.13. The van der Waals surface area contributed by atoms with Crippen molar-refractivity contribution in [3.8, 4) is 11.8 Å². The van der Waals surface area contributed by atoms with E-state index in [9.17, 15) is 0 Å². The van der Waals surface area contributed by atoms with Gasteiger partial charge in [-0.2, -0.15) is 0 Å². The summed E-state index contributed by atoms with van der Waals surface area (Å²) in [4.78, 5) is 3.96. The molecule has 1 aromatic heterocycles. The van der Waals surface area contributed by atoms with Gasteiger partial charge in [0.05, 0.1) is 0 Å². The van der Waals surface area contributed by atoms with Crippen molar-refractivity contribution in [1.82, 2.24) is 4.98 Å². The Balaban J connectivity index is 2.41. The Morgan fingerprint density at radius 1 is 1.14 bits per heavy atom. The summed E-state index contributed by atoms with van der Waals surface area (Å²) in [7, 11) is 0. The molecule has 0 atom stereocenters. The van der Waals surface area contributed by atoms with Crippen molar-refractivity contribution in [3.63, 3.8) is 0 Å². The minimum absolute atomic E-state index is 0.311. The van der Waals surface area contributed by atoms with Crippen molar-refractivity contribution >= 4 is 0 Å². The lowest BCUT2D eigenvalue weighted by atomic mass is 9.93. The molecular formula is C13H17N. The van der Waals surface area contributed by atoms with Gasteiger partial charge in [-0.15, -0.1) is 5.92 Å². The highest BCUT2D eigenvalue weighted by atomic mass is 14.6. The van der Waals surface area contributed by atoms with Crippen molar-refractivity contribution in [2.75, 3.05) is 0 Å². The summed E-state index contributed by atoms with van der Waals surface area (Å²) in [6, 6.07) is 4.01. The van der Waals surface area contributed by atoms with Crippen LogP contribution in [0.4, 0.5) is 0 Å². The first-order chi connectivity index (χ1) is 6.58. The molecule has 1 nitrogen and oxygen atoms in total. The molecule has 0 N–H and O–H groups in total. The summed E-state index contributed by atoms with van der Waals surface area (Å²) in [5, 5.41) is 0. The maximum absolute atomic E-state index is 3.96. The lowest BCUT2D eigenvalue weighted by molar-refractivity contribution is 0.428. The van der Waals surface area contributed by atoms with E-state index in [1.54, 1.807) is 12.4 Å². The molecule has 0 amide bonds. The zero-order chi connectivity index (χ0) is 10.4. The first-order valence-corrected chi connectivity index (χ1v) is 4.92. The van der Waals surface area contributed by atoms with E-state index in [1.165, 1.54) is 5.56 Å². The minimum atomic E-state index is 0.311. The molecule has 0 bridgehead atoms. The quantitative estimate of drug-likeness (QED) is 0.616. The summed E-state index contributed by atoms with van der Waals surface area (Å²) < 4.78 is 0. The molecular weight excluding hydrogens is 170 g/mol. The minimum Gasteiger partial charge on any atom is -0.265 e. The lowest BCUT2D eigenvalue weighted by Crippen LogP contribution is -2.02. The first kappa shape index (κ1) is 10.8. The predicted octanol–water partition coefficient (Wildman–Crippen LogP) is 3.06. The summed E-state index contributed by atoms with van der Waals surface area (Å²) in [5.41, 5.74) is 1.55. The highest BCUT2D eigenvalue weighted by molar-refractivity contribution is 5.18. The molecule has 0 unspecified atom stereocenters. The van der Waals surface area contributed by atoms with Crippen LogP contribution in [0.5, 0.6) is 0 Å². The second-order valence-corrected chi connectivity index (χ2v) is 4.62. The van der Waals surface area contributed by atoms with Gasteiger partial charge in [0.2, 0.25) is 0 Å². The van der Waals surface area contributed by atoms with Gasteiger partial charge in [0, 0.05) is 25.2 Å². The molecule has 1 heterocycles. The third kappa shape index (κ3) is 4.67. The van der Waals surface area contributed by atoms with Gasteiger partial charge in [-0.25, -0.2) is 0 Å². The Morgan fingerprint density at radius 3 is 2.36 bits per heavy atom. The van der Waals surface area contributed by atoms with Crippen LogP contribution in [0.2, 0.25) is 0 Å². The van der Waals surface area contributed by atoms with Crippen LogP contribution in [0.1, 0.15) is 32.8 Å². The molecule has 0 aromatic carbocycles. The third-order valence-electron chi connectivity index (χ3n) is 1.79. The van der Waals surface area contributed by atoms with E-state index in [4.69, 9.17) is 0 Å². The van der Waals surface area contributed by atoms with E-state index >= 15 is 0 Å². The molecule has 0 aliphatic carbocycles. The molecule has 0 aliphatic heterocycles. The summed E-state index contributed by atoms with van der Waals surface area (Å²) in [6.07, 6.45) is 5.40. The Morgan fingerprint density at radius 2 is 1.79 bits per heavy atom. The lowest BCUT2D eigenvalue weighted by Gasteiger charge is -2.12. The molecule has 1 heteroatoms. The number of nitrogens with zero attached hydrogens (tertiary/aromatic N) is 1. The molecule has 0 spiro atoms. The predicted molar refractivity (Wildman–Crippen MR) is 59.8 cm³/mol. The Bertz CT molecular complexity index is 322. The van der Waals surface area contributed by atoms with Crippen LogP contribution < -0.4 is 0 Å². The van der Waals surface area contributed by atoms with E-state index in [0.29, 0.717) is 5.41 Å². The van der Waals surface area contributed by atoms with Gasteiger partial charge < -0.3 is 0 Å². The molecule has 14 heavy (non-hydrogen) atoms. The largest absolute Gasteiger partial charge is 0.265 e. The third-order valence-corrected chi connectivity index (χ3v) is 1.79. The zero-order valence-electron chi connectivity index (χ0n) is 9.17. The smallest absolute Gasteiger partial charge is 0.0341 e. The number of aromatic nitrogens is 1. The second-order valence-electron chi connectivity index (χ2n) is 4.62. The molecule has 74 valence electrons. The number of pyridine rings is 1. The van der Waals surface area contributed by atoms with E-state index < -0.39 is 0 Å². The van der Waals surface area contributed by atoms with Crippen LogP contribution in [0.15, 0.2) is 24.5 Å². The second kappa shape index (κ2) is 4.81. The van der Waals surface area contributed by atoms with Gasteiger partial charge in [-0.05, 0) is 23.1 Å². The van der Waals surface area contributed by atoms with Crippen LogP contribution >= 0.6 is 0 Å². The van der Waals surface area contributed by atoms with Crippen LogP contribution in [-0.4, -0.2) is 4.98 Å². The van der Waals surface area contributed by atoms with Crippen LogP contribution in [0.25, 0.3) is 0 Å². The SMILES string of the molecule is CC(C)(C)CC#CCc1ccncc1. The molecule has 0 saturated heterocycles. The monoisotopic (exact) mass is 187 g/mol. The van der Waals surface area contributed by atoms with Crippen LogP contribution in [-0.2, 0) is 6.42 Å². The molecule has 0 saturated carbocycles. The zero-order valence-corrected chi connectivity index (χ0v) is 9.17. The standard InChI is InChI=1S/C13H17N/c1-13(2,3)9-5-4-6-12-7-10-14-11-8-12/h7-8,10-11H,6,9H2,1-3H3. The Hall–Kier alpha value is -1.29. The Kier molecular flexibility index (Phi) is 3.71. The Labute approximate surface area is 86.6 Å². The van der Waals surface area contributed by atoms with Crippen LogP contribution in [0, 0.1) is 17.3 Å². The molecule has 0 radical (unpaired) electrons. The molecule has 0 aliphatic rings. The van der Waals surface area contributed by atoms with Crippen molar-refractivity contribution in [3.05, 3.63) is 30.1 Å². The fraction of sp³-hybridized carbons (Fsp3) is 0.462. The van der Waals surface area contributed by atoms with Gasteiger partial charge in [-0.3, -0.25) is 4.98 Å². The first-order valence-electron chi connectivity index (χ1n) is 4.92. The highest BCUT2D eigenvalue weighted by Gasteiger charge is 2.06. The molecule has 1 rings (SSSR count). The maximum atomic E-state index is 3.96. The molecule has 0 fully saturated rings. The van der Waals surface area contributed by atoms with Gasteiger partial charge in [0.1, 0.15) is 0 Å². The van der Waals surface area contributed by atoms with E-state index in [0.717, 1.165) is 12.8 Å². The van der Waals surface area contributed by atoms with Crippen molar-refractivity contribution in [2.24, 2.45) is 5.41 Å². The maximum Gasteiger partial charge on any atom is 0.0341 e. The highest BCUT2D eigenvalue weighted by Crippen LogP contribution is 2.16. The summed E-state index contributed by atoms with van der Waals surface area (Å²) >= 11 is 0. The summed E-state index contributed by atoms with van der Waals surface area (Å²) in [5.74, 6) is 6.38.